The molecule has 0 spiro atoms. The number of aryl methyl sites for hydroxylation is 1. The van der Waals surface area contributed by atoms with Gasteiger partial charge in [0.25, 0.3) is 0 Å². The van der Waals surface area contributed by atoms with E-state index in [0.29, 0.717) is 0 Å². The van der Waals surface area contributed by atoms with Crippen molar-refractivity contribution in [2.45, 2.75) is 65.5 Å². The molecule has 1 heterocycles. The summed E-state index contributed by atoms with van der Waals surface area (Å²) in [6.07, 6.45) is 6.82. The molecule has 2 N–H and O–H groups in total. The molecule has 3 nitrogen and oxygen atoms in total. The highest BCUT2D eigenvalue weighted by atomic mass is 15.3. The van der Waals surface area contributed by atoms with Gasteiger partial charge in [0.2, 0.25) is 0 Å². The first kappa shape index (κ1) is 13.2. The third-order valence-electron chi connectivity index (χ3n) is 5.54. The van der Waals surface area contributed by atoms with E-state index in [4.69, 9.17) is 10.8 Å². The minimum atomic E-state index is 0.147. The Morgan fingerprint density at radius 2 is 2.11 bits per heavy atom. The Bertz CT molecular complexity index is 463. The predicted molar refractivity (Wildman–Crippen MR) is 77.9 cm³/mol. The second-order valence-corrected chi connectivity index (χ2v) is 6.72. The third-order valence-corrected chi connectivity index (χ3v) is 5.54. The van der Waals surface area contributed by atoms with Crippen LogP contribution in [-0.4, -0.2) is 9.78 Å². The average molecular weight is 261 g/mol. The molecular weight excluding hydrogens is 234 g/mol. The fourth-order valence-corrected chi connectivity index (χ4v) is 4.45. The summed E-state index contributed by atoms with van der Waals surface area (Å²) in [6.45, 7) is 7.56. The fourth-order valence-electron chi connectivity index (χ4n) is 4.45. The van der Waals surface area contributed by atoms with E-state index in [1.165, 1.54) is 36.9 Å². The fraction of sp³-hybridized carbons (Fsp3) is 0.812. The zero-order chi connectivity index (χ0) is 13.6. The van der Waals surface area contributed by atoms with Crippen LogP contribution in [-0.2, 0) is 6.54 Å². The maximum absolute atomic E-state index is 6.22. The second-order valence-electron chi connectivity index (χ2n) is 6.72. The molecule has 1 aromatic heterocycles. The van der Waals surface area contributed by atoms with Crippen LogP contribution < -0.4 is 5.73 Å². The molecule has 0 saturated heterocycles. The van der Waals surface area contributed by atoms with Crippen molar-refractivity contribution in [3.63, 3.8) is 0 Å². The molecule has 0 aromatic carbocycles. The van der Waals surface area contributed by atoms with E-state index in [0.717, 1.165) is 36.4 Å². The Kier molecular flexibility index (Phi) is 3.42. The summed E-state index contributed by atoms with van der Waals surface area (Å²) in [4.78, 5) is 0. The number of nitrogens with zero attached hydrogens (tertiary/aromatic N) is 2. The third kappa shape index (κ3) is 2.22. The molecule has 3 rings (SSSR count). The standard InChI is InChI=1S/C16H27N3/c1-4-15(17)16-10(2)18-19(11(16)3)9-14-8-12-5-6-13(14)7-12/h12-15H,4-9,17H2,1-3H3. The number of hydrogen-bond acceptors (Lipinski definition) is 2. The van der Waals surface area contributed by atoms with Crippen LogP contribution in [0.25, 0.3) is 0 Å². The first-order valence-corrected chi connectivity index (χ1v) is 7.89. The highest BCUT2D eigenvalue weighted by Gasteiger charge is 2.39. The first-order chi connectivity index (χ1) is 9.10. The molecule has 106 valence electrons. The zero-order valence-electron chi connectivity index (χ0n) is 12.5. The molecule has 0 amide bonds. The van der Waals surface area contributed by atoms with Crippen LogP contribution in [0.4, 0.5) is 0 Å². The summed E-state index contributed by atoms with van der Waals surface area (Å²) in [6, 6.07) is 0.147. The number of nitrogens with two attached hydrogens (primary N) is 1. The van der Waals surface area contributed by atoms with E-state index in [1.54, 1.807) is 0 Å². The Hall–Kier alpha value is -0.830. The lowest BCUT2D eigenvalue weighted by molar-refractivity contribution is 0.283. The number of rotatable bonds is 4. The van der Waals surface area contributed by atoms with Crippen molar-refractivity contribution < 1.29 is 0 Å². The summed E-state index contributed by atoms with van der Waals surface area (Å²) >= 11 is 0. The van der Waals surface area contributed by atoms with E-state index in [2.05, 4.69) is 25.5 Å². The lowest BCUT2D eigenvalue weighted by Gasteiger charge is -2.22. The Morgan fingerprint density at radius 3 is 2.68 bits per heavy atom. The Morgan fingerprint density at radius 1 is 1.32 bits per heavy atom. The maximum atomic E-state index is 6.22. The number of aromatic nitrogens is 2. The van der Waals surface area contributed by atoms with E-state index in [-0.39, 0.29) is 6.04 Å². The molecule has 19 heavy (non-hydrogen) atoms. The van der Waals surface area contributed by atoms with Crippen LogP contribution in [0.3, 0.4) is 0 Å². The van der Waals surface area contributed by atoms with E-state index < -0.39 is 0 Å². The second kappa shape index (κ2) is 4.93. The van der Waals surface area contributed by atoms with Gasteiger partial charge in [0.1, 0.15) is 0 Å². The van der Waals surface area contributed by atoms with Crippen molar-refractivity contribution >= 4 is 0 Å². The quantitative estimate of drug-likeness (QED) is 0.903. The normalized spacial score (nSPS) is 31.1. The molecule has 0 aliphatic heterocycles. The summed E-state index contributed by atoms with van der Waals surface area (Å²) in [5.74, 6) is 2.85. The van der Waals surface area contributed by atoms with Crippen molar-refractivity contribution in [1.82, 2.24) is 9.78 Å². The maximum Gasteiger partial charge on any atom is 0.0644 e. The van der Waals surface area contributed by atoms with Gasteiger partial charge in [-0.1, -0.05) is 13.3 Å². The number of hydrogen-bond donors (Lipinski definition) is 1. The molecule has 1 aromatic rings. The minimum Gasteiger partial charge on any atom is -0.324 e. The molecule has 4 atom stereocenters. The summed E-state index contributed by atoms with van der Waals surface area (Å²) in [5.41, 5.74) is 9.94. The number of fused-ring (bicyclic) bond motifs is 2. The van der Waals surface area contributed by atoms with Crippen LogP contribution in [0, 0.1) is 31.6 Å². The molecule has 0 radical (unpaired) electrons. The van der Waals surface area contributed by atoms with E-state index >= 15 is 0 Å². The average Bonchev–Trinajstić information content (AvgIpc) is 3.05. The Labute approximate surface area is 116 Å². The van der Waals surface area contributed by atoms with Gasteiger partial charge in [-0.3, -0.25) is 4.68 Å². The molecule has 2 bridgehead atoms. The lowest BCUT2D eigenvalue weighted by atomic mass is 9.89. The molecule has 2 aliphatic rings. The van der Waals surface area contributed by atoms with Gasteiger partial charge in [-0.15, -0.1) is 0 Å². The topological polar surface area (TPSA) is 43.8 Å². The predicted octanol–water partition coefficient (Wildman–Crippen LogP) is 3.35. The van der Waals surface area contributed by atoms with Crippen LogP contribution in [0.5, 0.6) is 0 Å². The van der Waals surface area contributed by atoms with Gasteiger partial charge in [-0.25, -0.2) is 0 Å². The SMILES string of the molecule is CCC(N)c1c(C)nn(CC2CC3CCC2C3)c1C. The Balaban J connectivity index is 1.78. The molecule has 3 heteroatoms. The van der Waals surface area contributed by atoms with Crippen molar-refractivity contribution in [3.8, 4) is 0 Å². The lowest BCUT2D eigenvalue weighted by Crippen LogP contribution is -2.19. The monoisotopic (exact) mass is 261 g/mol. The van der Waals surface area contributed by atoms with Gasteiger partial charge in [0.05, 0.1) is 5.69 Å². The largest absolute Gasteiger partial charge is 0.324 e. The van der Waals surface area contributed by atoms with Crippen molar-refractivity contribution in [2.75, 3.05) is 0 Å². The zero-order valence-corrected chi connectivity index (χ0v) is 12.5. The highest BCUT2D eigenvalue weighted by Crippen LogP contribution is 2.48. The van der Waals surface area contributed by atoms with Gasteiger partial charge >= 0.3 is 0 Å². The van der Waals surface area contributed by atoms with Gasteiger partial charge in [0.15, 0.2) is 0 Å². The molecular formula is C16H27N3. The smallest absolute Gasteiger partial charge is 0.0644 e. The summed E-state index contributed by atoms with van der Waals surface area (Å²) in [7, 11) is 0. The molecule has 4 unspecified atom stereocenters. The molecule has 2 fully saturated rings. The molecule has 2 saturated carbocycles. The van der Waals surface area contributed by atoms with Crippen molar-refractivity contribution in [2.24, 2.45) is 23.5 Å². The van der Waals surface area contributed by atoms with Gasteiger partial charge < -0.3 is 5.73 Å². The van der Waals surface area contributed by atoms with Crippen LogP contribution in [0.15, 0.2) is 0 Å². The highest BCUT2D eigenvalue weighted by molar-refractivity contribution is 5.27. The van der Waals surface area contributed by atoms with Crippen molar-refractivity contribution in [1.29, 1.82) is 0 Å². The van der Waals surface area contributed by atoms with Crippen LogP contribution >= 0.6 is 0 Å². The van der Waals surface area contributed by atoms with Gasteiger partial charge in [0, 0.05) is 23.8 Å². The van der Waals surface area contributed by atoms with Gasteiger partial charge in [-0.05, 0) is 57.3 Å². The van der Waals surface area contributed by atoms with Crippen LogP contribution in [0.1, 0.15) is 62.0 Å². The van der Waals surface area contributed by atoms with Crippen LogP contribution in [0.2, 0.25) is 0 Å². The van der Waals surface area contributed by atoms with E-state index in [1.807, 2.05) is 0 Å². The summed E-state index contributed by atoms with van der Waals surface area (Å²) in [5, 5.41) is 4.76. The minimum absolute atomic E-state index is 0.147. The van der Waals surface area contributed by atoms with Gasteiger partial charge in [-0.2, -0.15) is 5.10 Å². The summed E-state index contributed by atoms with van der Waals surface area (Å²) < 4.78 is 2.24. The van der Waals surface area contributed by atoms with Crippen molar-refractivity contribution in [3.05, 3.63) is 17.0 Å². The first-order valence-electron chi connectivity index (χ1n) is 7.89. The van der Waals surface area contributed by atoms with E-state index in [9.17, 15) is 0 Å². The molecule has 2 aliphatic carbocycles.